The molecule has 6 heteroatoms. The number of hydrogen-bond donors (Lipinski definition) is 2. The van der Waals surface area contributed by atoms with E-state index in [0.717, 1.165) is 25.9 Å². The molecule has 2 N–H and O–H groups in total. The van der Waals surface area contributed by atoms with Crippen molar-refractivity contribution in [3.8, 4) is 0 Å². The monoisotopic (exact) mass is 256 g/mol. The zero-order valence-electron chi connectivity index (χ0n) is 9.56. The molecule has 2 heterocycles. The van der Waals surface area contributed by atoms with E-state index in [1.807, 2.05) is 0 Å². The van der Waals surface area contributed by atoms with E-state index < -0.39 is 0 Å². The summed E-state index contributed by atoms with van der Waals surface area (Å²) in [5.41, 5.74) is 0.429. The molecule has 0 radical (unpaired) electrons. The number of carbonyl (C=O) groups excluding carboxylic acids is 1. The molecule has 94 valence electrons. The molecule has 1 aliphatic rings. The van der Waals surface area contributed by atoms with E-state index in [1.165, 1.54) is 12.4 Å². The van der Waals surface area contributed by atoms with Crippen LogP contribution in [0.15, 0.2) is 18.6 Å². The third-order valence-electron chi connectivity index (χ3n) is 2.70. The van der Waals surface area contributed by atoms with Gasteiger partial charge < -0.3 is 10.6 Å². The van der Waals surface area contributed by atoms with E-state index in [9.17, 15) is 4.79 Å². The number of rotatable bonds is 4. The Morgan fingerprint density at radius 2 is 2.41 bits per heavy atom. The summed E-state index contributed by atoms with van der Waals surface area (Å²) in [6.07, 6.45) is 6.89. The second-order valence-corrected chi connectivity index (χ2v) is 3.94. The van der Waals surface area contributed by atoms with Crippen LogP contribution in [-0.2, 0) is 0 Å². The summed E-state index contributed by atoms with van der Waals surface area (Å²) >= 11 is 0. The topological polar surface area (TPSA) is 66.9 Å². The molecule has 0 bridgehead atoms. The smallest absolute Gasteiger partial charge is 0.196 e. The molecule has 0 amide bonds. The third-order valence-corrected chi connectivity index (χ3v) is 2.70. The van der Waals surface area contributed by atoms with Crippen molar-refractivity contribution in [3.63, 3.8) is 0 Å². The molecule has 1 aliphatic heterocycles. The molecule has 1 fully saturated rings. The number of nitrogens with one attached hydrogen (secondary N) is 2. The molecule has 5 nitrogen and oxygen atoms in total. The van der Waals surface area contributed by atoms with Crippen molar-refractivity contribution in [2.75, 3.05) is 19.6 Å². The van der Waals surface area contributed by atoms with Crippen LogP contribution in [0.25, 0.3) is 0 Å². The summed E-state index contributed by atoms with van der Waals surface area (Å²) in [7, 11) is 0. The number of halogens is 1. The molecule has 0 saturated carbocycles. The Balaban J connectivity index is 0.00000144. The zero-order chi connectivity index (χ0) is 11.2. The number of hydrogen-bond acceptors (Lipinski definition) is 5. The van der Waals surface area contributed by atoms with E-state index >= 15 is 0 Å². The second-order valence-electron chi connectivity index (χ2n) is 3.94. The van der Waals surface area contributed by atoms with Crippen LogP contribution in [-0.4, -0.2) is 41.4 Å². The normalized spacial score (nSPS) is 19.4. The summed E-state index contributed by atoms with van der Waals surface area (Å²) < 4.78 is 0. The average molecular weight is 257 g/mol. The van der Waals surface area contributed by atoms with Crippen LogP contribution < -0.4 is 10.6 Å². The Bertz CT molecular complexity index is 341. The van der Waals surface area contributed by atoms with Crippen LogP contribution >= 0.6 is 12.4 Å². The molecule has 1 atom stereocenters. The number of Topliss-reactive ketones (excluding diaryl/α,β-unsaturated/α-hetero) is 1. The average Bonchev–Trinajstić information content (AvgIpc) is 2.38. The number of piperidine rings is 1. The second kappa shape index (κ2) is 7.32. The fraction of sp³-hybridized carbons (Fsp3) is 0.545. The van der Waals surface area contributed by atoms with Gasteiger partial charge in [-0.2, -0.15) is 0 Å². The Morgan fingerprint density at radius 3 is 3.06 bits per heavy atom. The highest BCUT2D eigenvalue weighted by molar-refractivity contribution is 5.95. The van der Waals surface area contributed by atoms with Crippen molar-refractivity contribution in [2.45, 2.75) is 18.9 Å². The van der Waals surface area contributed by atoms with Crippen molar-refractivity contribution in [1.29, 1.82) is 0 Å². The molecule has 0 spiro atoms. The van der Waals surface area contributed by atoms with E-state index in [0.29, 0.717) is 18.3 Å². The SMILES string of the molecule is Cl.O=C(CN[C@H]1CCCNC1)c1cnccn1. The van der Waals surface area contributed by atoms with Crippen molar-refractivity contribution < 1.29 is 4.79 Å². The molecule has 1 aromatic heterocycles. The van der Waals surface area contributed by atoms with Crippen molar-refractivity contribution in [2.24, 2.45) is 0 Å². The Morgan fingerprint density at radius 1 is 1.53 bits per heavy atom. The van der Waals surface area contributed by atoms with Gasteiger partial charge in [0, 0.05) is 25.0 Å². The van der Waals surface area contributed by atoms with Crippen molar-refractivity contribution >= 4 is 18.2 Å². The highest BCUT2D eigenvalue weighted by atomic mass is 35.5. The molecule has 2 rings (SSSR count). The third kappa shape index (κ3) is 4.38. The lowest BCUT2D eigenvalue weighted by molar-refractivity contribution is 0.0980. The van der Waals surface area contributed by atoms with Gasteiger partial charge in [-0.25, -0.2) is 4.98 Å². The minimum absolute atomic E-state index is 0. The summed E-state index contributed by atoms with van der Waals surface area (Å²) in [5, 5.41) is 6.54. The first-order chi connectivity index (χ1) is 7.86. The minimum atomic E-state index is -0.00123. The van der Waals surface area contributed by atoms with Crippen LogP contribution in [0, 0.1) is 0 Å². The number of ketones is 1. The molecular formula is C11H17ClN4O. The van der Waals surface area contributed by atoms with Gasteiger partial charge in [0.15, 0.2) is 5.78 Å². The van der Waals surface area contributed by atoms with Gasteiger partial charge in [-0.1, -0.05) is 0 Å². The van der Waals surface area contributed by atoms with Crippen molar-refractivity contribution in [3.05, 3.63) is 24.3 Å². The van der Waals surface area contributed by atoms with Crippen molar-refractivity contribution in [1.82, 2.24) is 20.6 Å². The van der Waals surface area contributed by atoms with E-state index in [4.69, 9.17) is 0 Å². The highest BCUT2D eigenvalue weighted by Crippen LogP contribution is 2.01. The fourth-order valence-electron chi connectivity index (χ4n) is 1.80. The van der Waals surface area contributed by atoms with Gasteiger partial charge >= 0.3 is 0 Å². The zero-order valence-corrected chi connectivity index (χ0v) is 10.4. The van der Waals surface area contributed by atoms with Crippen LogP contribution in [0.1, 0.15) is 23.3 Å². The summed E-state index contributed by atoms with van der Waals surface area (Å²) in [6.45, 7) is 2.36. The Kier molecular flexibility index (Phi) is 6.04. The molecular weight excluding hydrogens is 240 g/mol. The molecule has 1 saturated heterocycles. The first kappa shape index (κ1) is 14.0. The number of aromatic nitrogens is 2. The van der Waals surface area contributed by atoms with Gasteiger partial charge in [-0.05, 0) is 19.4 Å². The Labute approximate surface area is 107 Å². The molecule has 17 heavy (non-hydrogen) atoms. The first-order valence-electron chi connectivity index (χ1n) is 5.59. The van der Waals surface area contributed by atoms with Crippen LogP contribution in [0.2, 0.25) is 0 Å². The lowest BCUT2D eigenvalue weighted by Gasteiger charge is -2.23. The predicted molar refractivity (Wildman–Crippen MR) is 67.5 cm³/mol. The first-order valence-corrected chi connectivity index (χ1v) is 5.59. The predicted octanol–water partition coefficient (Wildman–Crippen LogP) is 0.423. The lowest BCUT2D eigenvalue weighted by atomic mass is 10.1. The van der Waals surface area contributed by atoms with Gasteiger partial charge in [0.05, 0.1) is 12.7 Å². The van der Waals surface area contributed by atoms with Crippen LogP contribution in [0.5, 0.6) is 0 Å². The number of carbonyl (C=O) groups is 1. The maximum atomic E-state index is 11.7. The van der Waals surface area contributed by atoms with Gasteiger partial charge in [-0.15, -0.1) is 12.4 Å². The summed E-state index contributed by atoms with van der Waals surface area (Å²) in [5.74, 6) is -0.00123. The molecule has 0 aromatic carbocycles. The van der Waals surface area contributed by atoms with Gasteiger partial charge in [0.25, 0.3) is 0 Å². The van der Waals surface area contributed by atoms with Crippen LogP contribution in [0.3, 0.4) is 0 Å². The van der Waals surface area contributed by atoms with Gasteiger partial charge in [-0.3, -0.25) is 9.78 Å². The lowest BCUT2D eigenvalue weighted by Crippen LogP contribution is -2.44. The fourth-order valence-corrected chi connectivity index (χ4v) is 1.80. The molecule has 0 aliphatic carbocycles. The molecule has 1 aromatic rings. The summed E-state index contributed by atoms with van der Waals surface area (Å²) in [4.78, 5) is 19.6. The van der Waals surface area contributed by atoms with E-state index in [1.54, 1.807) is 6.20 Å². The van der Waals surface area contributed by atoms with E-state index in [2.05, 4.69) is 20.6 Å². The highest BCUT2D eigenvalue weighted by Gasteiger charge is 2.14. The maximum Gasteiger partial charge on any atom is 0.196 e. The maximum absolute atomic E-state index is 11.7. The summed E-state index contributed by atoms with van der Waals surface area (Å²) in [6, 6.07) is 0.398. The quantitative estimate of drug-likeness (QED) is 0.765. The van der Waals surface area contributed by atoms with Gasteiger partial charge in [0.2, 0.25) is 0 Å². The minimum Gasteiger partial charge on any atom is -0.315 e. The van der Waals surface area contributed by atoms with E-state index in [-0.39, 0.29) is 18.2 Å². The largest absolute Gasteiger partial charge is 0.315 e. The van der Waals surface area contributed by atoms with Crippen LogP contribution in [0.4, 0.5) is 0 Å². The number of nitrogens with zero attached hydrogens (tertiary/aromatic N) is 2. The molecule has 0 unspecified atom stereocenters. The Hall–Kier alpha value is -1.04. The van der Waals surface area contributed by atoms with Gasteiger partial charge in [0.1, 0.15) is 5.69 Å². The standard InChI is InChI=1S/C11H16N4O.ClH/c16-11(10-7-13-4-5-14-10)8-15-9-2-1-3-12-6-9;/h4-5,7,9,12,15H,1-3,6,8H2;1H/t9-;/m0./s1.